The van der Waals surface area contributed by atoms with Crippen LogP contribution in [-0.2, 0) is 10.8 Å². The van der Waals surface area contributed by atoms with Gasteiger partial charge in [-0.1, -0.05) is 262 Å². The number of amides is 2. The Morgan fingerprint density at radius 1 is 0.278 bits per heavy atom. The molecule has 4 nitrogen and oxygen atoms in total. The van der Waals surface area contributed by atoms with Crippen LogP contribution in [0.3, 0.4) is 0 Å². The van der Waals surface area contributed by atoms with Crippen molar-refractivity contribution in [1.29, 1.82) is 0 Å². The summed E-state index contributed by atoms with van der Waals surface area (Å²) in [5, 5.41) is 6.23. The molecule has 6 heteroatoms. The number of nitrogens with one attached hydrogen (secondary N) is 2. The van der Waals surface area contributed by atoms with Gasteiger partial charge in [-0.25, -0.2) is 0 Å². The third-order valence-corrected chi connectivity index (χ3v) is 16.5. The highest BCUT2D eigenvalue weighted by Crippen LogP contribution is 2.47. The first-order valence-electron chi connectivity index (χ1n) is 24.0. The fraction of sp³-hybridized carbons (Fsp3) is 0.0606. The molecule has 0 aliphatic rings. The first-order chi connectivity index (χ1) is 35.3. The van der Waals surface area contributed by atoms with E-state index in [1.165, 1.54) is 0 Å². The van der Waals surface area contributed by atoms with Gasteiger partial charge >= 0.3 is 0 Å². The van der Waals surface area contributed by atoms with E-state index >= 15 is 0 Å². The van der Waals surface area contributed by atoms with Crippen LogP contribution in [0.2, 0.25) is 0 Å². The minimum absolute atomic E-state index is 0.116. The summed E-state index contributed by atoms with van der Waals surface area (Å²) in [5.41, 5.74) is 12.5. The Kier molecular flexibility index (Phi) is 14.3. The van der Waals surface area contributed by atoms with Crippen LogP contribution in [0, 0.1) is 0 Å². The van der Waals surface area contributed by atoms with Gasteiger partial charge in [-0.3, -0.25) is 9.59 Å². The van der Waals surface area contributed by atoms with Crippen LogP contribution in [0.1, 0.15) is 86.0 Å². The van der Waals surface area contributed by atoms with E-state index in [9.17, 15) is 9.59 Å². The lowest BCUT2D eigenvalue weighted by molar-refractivity contribution is 0.101. The summed E-state index contributed by atoms with van der Waals surface area (Å²) in [4.78, 5) is 27.1. The average molecular weight is 1060 g/mol. The van der Waals surface area contributed by atoms with Crippen molar-refractivity contribution in [3.05, 3.63) is 346 Å². The largest absolute Gasteiger partial charge is 0.322 e. The highest BCUT2D eigenvalue weighted by Gasteiger charge is 2.39. The van der Waals surface area contributed by atoms with E-state index in [1.54, 1.807) is 0 Å². The van der Waals surface area contributed by atoms with Gasteiger partial charge in [-0.2, -0.15) is 0 Å². The number of alkyl halides is 2. The molecule has 350 valence electrons. The fourth-order valence-corrected chi connectivity index (χ4v) is 11.3. The SMILES string of the molecule is O=C(Nc1ccc(C(c2ccccc2)(c2ccccc2)c2ccccc2)cc1)c1ccc([C@@H](Br)[C@@H](Br)c2ccc(C(=O)Nc3ccc(C(c4ccccc4)(c4ccccc4)c4ccccc4)cc3)cc2)cc1. The van der Waals surface area contributed by atoms with Crippen LogP contribution in [0.5, 0.6) is 0 Å². The van der Waals surface area contributed by atoms with E-state index in [0.717, 1.165) is 55.6 Å². The van der Waals surface area contributed by atoms with Crippen molar-refractivity contribution in [2.24, 2.45) is 0 Å². The molecule has 10 aromatic rings. The van der Waals surface area contributed by atoms with Crippen molar-refractivity contribution in [2.75, 3.05) is 10.6 Å². The predicted octanol–water partition coefficient (Wildman–Crippen LogP) is 16.5. The molecule has 0 aliphatic carbocycles. The first kappa shape index (κ1) is 47.8. The number of benzene rings is 10. The van der Waals surface area contributed by atoms with Gasteiger partial charge in [0.1, 0.15) is 0 Å². The second-order valence-corrected chi connectivity index (χ2v) is 19.8. The molecule has 0 radical (unpaired) electrons. The molecule has 2 N–H and O–H groups in total. The van der Waals surface area contributed by atoms with Gasteiger partial charge in [0.15, 0.2) is 0 Å². The van der Waals surface area contributed by atoms with Gasteiger partial charge in [0.2, 0.25) is 0 Å². The van der Waals surface area contributed by atoms with E-state index in [-0.39, 0.29) is 21.5 Å². The summed E-state index contributed by atoms with van der Waals surface area (Å²) in [6.45, 7) is 0. The van der Waals surface area contributed by atoms with Crippen LogP contribution in [-0.4, -0.2) is 11.8 Å². The Morgan fingerprint density at radius 3 is 0.708 bits per heavy atom. The van der Waals surface area contributed by atoms with Crippen LogP contribution in [0.15, 0.2) is 279 Å². The van der Waals surface area contributed by atoms with Gasteiger partial charge in [0.05, 0.1) is 20.5 Å². The Labute approximate surface area is 438 Å². The summed E-state index contributed by atoms with van der Waals surface area (Å²) in [6, 6.07) is 95.1. The third-order valence-electron chi connectivity index (χ3n) is 13.6. The maximum Gasteiger partial charge on any atom is 0.255 e. The van der Waals surface area contributed by atoms with E-state index in [2.05, 4.69) is 212 Å². The molecule has 0 heterocycles. The Bertz CT molecular complexity index is 2930. The zero-order valence-electron chi connectivity index (χ0n) is 39.3. The number of carbonyl (C=O) groups is 2. The Morgan fingerprint density at radius 2 is 0.486 bits per heavy atom. The molecule has 0 bridgehead atoms. The molecule has 0 spiro atoms. The van der Waals surface area contributed by atoms with Gasteiger partial charge < -0.3 is 10.6 Å². The van der Waals surface area contributed by atoms with Crippen molar-refractivity contribution < 1.29 is 9.59 Å². The molecular weight excluding hydrogens is 1010 g/mol. The minimum atomic E-state index is -0.572. The topological polar surface area (TPSA) is 58.2 Å². The van der Waals surface area contributed by atoms with Crippen LogP contribution >= 0.6 is 31.9 Å². The quantitative estimate of drug-likeness (QED) is 0.0794. The van der Waals surface area contributed by atoms with Crippen molar-refractivity contribution in [3.63, 3.8) is 0 Å². The Hall–Kier alpha value is -7.90. The van der Waals surface area contributed by atoms with Gasteiger partial charge in [0.25, 0.3) is 11.8 Å². The normalized spacial score (nSPS) is 12.3. The lowest BCUT2D eigenvalue weighted by Gasteiger charge is -2.37. The highest BCUT2D eigenvalue weighted by molar-refractivity contribution is 9.12. The zero-order valence-corrected chi connectivity index (χ0v) is 42.5. The maximum atomic E-state index is 13.6. The van der Waals surface area contributed by atoms with Gasteiger partial charge in [-0.05, 0) is 104 Å². The van der Waals surface area contributed by atoms with Gasteiger partial charge in [-0.15, -0.1) is 0 Å². The highest BCUT2D eigenvalue weighted by atomic mass is 79.9. The lowest BCUT2D eigenvalue weighted by atomic mass is 9.65. The van der Waals surface area contributed by atoms with E-state index in [4.69, 9.17) is 0 Å². The van der Waals surface area contributed by atoms with Crippen LogP contribution in [0.4, 0.5) is 11.4 Å². The Balaban J connectivity index is 0.803. The number of anilines is 2. The fourth-order valence-electron chi connectivity index (χ4n) is 10.1. The van der Waals surface area contributed by atoms with E-state index in [0.29, 0.717) is 22.5 Å². The molecule has 2 amide bonds. The van der Waals surface area contributed by atoms with Crippen molar-refractivity contribution in [3.8, 4) is 0 Å². The molecule has 10 aromatic carbocycles. The summed E-state index contributed by atoms with van der Waals surface area (Å²) in [6.07, 6.45) is 0. The molecule has 0 aliphatic heterocycles. The molecule has 72 heavy (non-hydrogen) atoms. The second-order valence-electron chi connectivity index (χ2n) is 17.8. The van der Waals surface area contributed by atoms with E-state index in [1.807, 2.05) is 109 Å². The number of hydrogen-bond acceptors (Lipinski definition) is 2. The van der Waals surface area contributed by atoms with Gasteiger partial charge in [0, 0.05) is 22.5 Å². The predicted molar refractivity (Wildman–Crippen MR) is 302 cm³/mol. The summed E-state index contributed by atoms with van der Waals surface area (Å²) in [5.74, 6) is -0.388. The number of carbonyl (C=O) groups excluding carboxylic acids is 2. The summed E-state index contributed by atoms with van der Waals surface area (Å²) < 4.78 is 0. The van der Waals surface area contributed by atoms with Crippen LogP contribution < -0.4 is 10.6 Å². The van der Waals surface area contributed by atoms with Crippen molar-refractivity contribution in [1.82, 2.24) is 0 Å². The standard InChI is InChI=1S/C66H50Br2N2O2/c67-61(47-31-35-49(36-32-47)63(71)69-59-43-39-57(40-44-59)65(51-19-7-1-8-20-51,52-21-9-2-10-22-52)53-23-11-3-12-24-53)62(68)48-33-37-50(38-34-48)64(72)70-60-45-41-58(42-46-60)66(54-25-13-4-14-26-54,55-27-15-5-16-28-55)56-29-17-6-18-30-56/h1-46,61-62H,(H,69,71)(H,70,72)/t61-,62+. The minimum Gasteiger partial charge on any atom is -0.322 e. The van der Waals surface area contributed by atoms with Crippen molar-refractivity contribution >= 4 is 55.0 Å². The second kappa shape index (κ2) is 21.6. The van der Waals surface area contributed by atoms with E-state index < -0.39 is 10.8 Å². The van der Waals surface area contributed by atoms with Crippen LogP contribution in [0.25, 0.3) is 0 Å². The third kappa shape index (κ3) is 9.51. The molecular formula is C66H50Br2N2O2. The maximum absolute atomic E-state index is 13.6. The molecule has 0 fully saturated rings. The lowest BCUT2D eigenvalue weighted by Crippen LogP contribution is -2.31. The molecule has 0 unspecified atom stereocenters. The molecule has 0 aromatic heterocycles. The average Bonchev–Trinajstić information content (AvgIpc) is 3.46. The summed E-state index contributed by atoms with van der Waals surface area (Å²) in [7, 11) is 0. The number of hydrogen-bond donors (Lipinski definition) is 2. The first-order valence-corrected chi connectivity index (χ1v) is 25.8. The summed E-state index contributed by atoms with van der Waals surface area (Å²) >= 11 is 7.81. The number of halogens is 2. The molecule has 2 atom stereocenters. The molecule has 0 saturated carbocycles. The zero-order chi connectivity index (χ0) is 49.3. The monoisotopic (exact) mass is 1060 g/mol. The number of rotatable bonds is 15. The van der Waals surface area contributed by atoms with Crippen molar-refractivity contribution in [2.45, 2.75) is 20.5 Å². The molecule has 10 rings (SSSR count). The smallest absolute Gasteiger partial charge is 0.255 e. The molecule has 0 saturated heterocycles.